The molecule has 0 rings (SSSR count). The lowest BCUT2D eigenvalue weighted by atomic mass is 10.00. The number of rotatable bonds is 11. The summed E-state index contributed by atoms with van der Waals surface area (Å²) in [7, 11) is 2.04. The number of hydrogen-bond donors (Lipinski definition) is 1. The Bertz CT molecular complexity index is 112. The normalized spacial score (nSPS) is 13.0. The summed E-state index contributed by atoms with van der Waals surface area (Å²) in [4.78, 5) is 0. The fourth-order valence-electron chi connectivity index (χ4n) is 1.88. The van der Waals surface area contributed by atoms with Crippen molar-refractivity contribution in [2.75, 3.05) is 13.6 Å². The van der Waals surface area contributed by atoms with Gasteiger partial charge in [-0.3, -0.25) is 0 Å². The molecule has 1 atom stereocenters. The molecule has 0 spiro atoms. The van der Waals surface area contributed by atoms with Crippen molar-refractivity contribution in [1.29, 1.82) is 0 Å². The largest absolute Gasteiger partial charge is 0.320 e. The van der Waals surface area contributed by atoms with Crippen molar-refractivity contribution in [1.82, 2.24) is 5.32 Å². The van der Waals surface area contributed by atoms with Crippen LogP contribution in [0.4, 0.5) is 0 Å². The Balaban J connectivity index is 2.92. The van der Waals surface area contributed by atoms with Crippen molar-refractivity contribution in [2.24, 2.45) is 5.92 Å². The SMILES string of the molecule is CC[C@@H](C)CCCCCCCCCNC. The van der Waals surface area contributed by atoms with Crippen molar-refractivity contribution in [3.63, 3.8) is 0 Å². The van der Waals surface area contributed by atoms with Gasteiger partial charge < -0.3 is 5.32 Å². The number of hydrogen-bond acceptors (Lipinski definition) is 1. The maximum atomic E-state index is 3.20. The lowest BCUT2D eigenvalue weighted by Crippen LogP contribution is -2.06. The van der Waals surface area contributed by atoms with Gasteiger partial charge in [0.1, 0.15) is 0 Å². The van der Waals surface area contributed by atoms with Crippen LogP contribution in [-0.4, -0.2) is 13.6 Å². The Morgan fingerprint density at radius 3 is 1.93 bits per heavy atom. The topological polar surface area (TPSA) is 12.0 Å². The summed E-state index contributed by atoms with van der Waals surface area (Å²) < 4.78 is 0. The van der Waals surface area contributed by atoms with Gasteiger partial charge in [0.25, 0.3) is 0 Å². The molecule has 0 amide bonds. The minimum absolute atomic E-state index is 0.945. The third-order valence-corrected chi connectivity index (χ3v) is 3.32. The van der Waals surface area contributed by atoms with Gasteiger partial charge >= 0.3 is 0 Å². The van der Waals surface area contributed by atoms with Crippen molar-refractivity contribution in [3.8, 4) is 0 Å². The summed E-state index contributed by atoms with van der Waals surface area (Å²) in [5.74, 6) is 0.945. The molecule has 0 aromatic carbocycles. The van der Waals surface area contributed by atoms with Crippen LogP contribution in [0.1, 0.15) is 71.6 Å². The molecule has 92 valence electrons. The molecule has 0 aliphatic heterocycles. The van der Waals surface area contributed by atoms with Crippen LogP contribution in [0, 0.1) is 5.92 Å². The van der Waals surface area contributed by atoms with Gasteiger partial charge in [0, 0.05) is 0 Å². The Hall–Kier alpha value is -0.0400. The Labute approximate surface area is 97.0 Å². The average molecular weight is 213 g/mol. The highest BCUT2D eigenvalue weighted by molar-refractivity contribution is 4.52. The molecule has 0 aliphatic carbocycles. The molecule has 0 aromatic rings. The molecule has 0 saturated carbocycles. The average Bonchev–Trinajstić information content (AvgIpc) is 2.26. The highest BCUT2D eigenvalue weighted by atomic mass is 14.8. The predicted molar refractivity (Wildman–Crippen MR) is 70.3 cm³/mol. The van der Waals surface area contributed by atoms with Gasteiger partial charge in [-0.25, -0.2) is 0 Å². The molecule has 1 N–H and O–H groups in total. The Morgan fingerprint density at radius 1 is 0.867 bits per heavy atom. The van der Waals surface area contributed by atoms with E-state index in [1.807, 2.05) is 7.05 Å². The van der Waals surface area contributed by atoms with E-state index in [4.69, 9.17) is 0 Å². The fraction of sp³-hybridized carbons (Fsp3) is 1.00. The number of nitrogens with one attached hydrogen (secondary N) is 1. The first-order chi connectivity index (χ1) is 7.31. The second kappa shape index (κ2) is 12.0. The van der Waals surface area contributed by atoms with E-state index in [-0.39, 0.29) is 0 Å². The van der Waals surface area contributed by atoms with Gasteiger partial charge in [-0.1, -0.05) is 65.2 Å². The van der Waals surface area contributed by atoms with Crippen LogP contribution in [0.15, 0.2) is 0 Å². The fourth-order valence-corrected chi connectivity index (χ4v) is 1.88. The van der Waals surface area contributed by atoms with Crippen LogP contribution in [0.2, 0.25) is 0 Å². The minimum atomic E-state index is 0.945. The quantitative estimate of drug-likeness (QED) is 0.502. The molecule has 0 radical (unpaired) electrons. The van der Waals surface area contributed by atoms with Crippen LogP contribution >= 0.6 is 0 Å². The molecular weight excluding hydrogens is 182 g/mol. The van der Waals surface area contributed by atoms with Crippen molar-refractivity contribution < 1.29 is 0 Å². The molecule has 15 heavy (non-hydrogen) atoms. The molecule has 0 saturated heterocycles. The monoisotopic (exact) mass is 213 g/mol. The zero-order valence-electron chi connectivity index (χ0n) is 11.1. The highest BCUT2D eigenvalue weighted by Crippen LogP contribution is 2.14. The first-order valence-corrected chi connectivity index (χ1v) is 6.95. The van der Waals surface area contributed by atoms with E-state index in [0.717, 1.165) is 5.92 Å². The molecule has 1 nitrogen and oxygen atoms in total. The summed E-state index contributed by atoms with van der Waals surface area (Å²) in [6.07, 6.45) is 12.8. The van der Waals surface area contributed by atoms with Crippen molar-refractivity contribution >= 4 is 0 Å². The van der Waals surface area contributed by atoms with E-state index in [2.05, 4.69) is 19.2 Å². The Kier molecular flexibility index (Phi) is 12.0. The highest BCUT2D eigenvalue weighted by Gasteiger charge is 1.97. The van der Waals surface area contributed by atoms with Crippen LogP contribution in [-0.2, 0) is 0 Å². The van der Waals surface area contributed by atoms with Gasteiger partial charge in [-0.05, 0) is 25.9 Å². The van der Waals surface area contributed by atoms with E-state index >= 15 is 0 Å². The molecular formula is C14H31N. The van der Waals surface area contributed by atoms with Crippen LogP contribution < -0.4 is 5.32 Å². The second-order valence-electron chi connectivity index (χ2n) is 4.88. The second-order valence-corrected chi connectivity index (χ2v) is 4.88. The van der Waals surface area contributed by atoms with Crippen LogP contribution in [0.25, 0.3) is 0 Å². The van der Waals surface area contributed by atoms with E-state index in [0.29, 0.717) is 0 Å². The minimum Gasteiger partial charge on any atom is -0.320 e. The van der Waals surface area contributed by atoms with Crippen molar-refractivity contribution in [2.45, 2.75) is 71.6 Å². The van der Waals surface area contributed by atoms with Gasteiger partial charge in [-0.2, -0.15) is 0 Å². The Morgan fingerprint density at radius 2 is 1.40 bits per heavy atom. The van der Waals surface area contributed by atoms with E-state index in [1.54, 1.807) is 0 Å². The lowest BCUT2D eigenvalue weighted by molar-refractivity contribution is 0.470. The maximum absolute atomic E-state index is 3.20. The third kappa shape index (κ3) is 11.9. The zero-order chi connectivity index (χ0) is 11.4. The first-order valence-electron chi connectivity index (χ1n) is 6.95. The lowest BCUT2D eigenvalue weighted by Gasteiger charge is -2.07. The first kappa shape index (κ1) is 15.0. The van der Waals surface area contributed by atoms with Gasteiger partial charge in [-0.15, -0.1) is 0 Å². The smallest absolute Gasteiger partial charge is 0.00519 e. The van der Waals surface area contributed by atoms with Crippen molar-refractivity contribution in [3.05, 3.63) is 0 Å². The molecule has 1 heteroatoms. The molecule has 0 aliphatic rings. The van der Waals surface area contributed by atoms with E-state index in [9.17, 15) is 0 Å². The van der Waals surface area contributed by atoms with Gasteiger partial charge in [0.2, 0.25) is 0 Å². The van der Waals surface area contributed by atoms with E-state index < -0.39 is 0 Å². The maximum Gasteiger partial charge on any atom is -0.00519 e. The summed E-state index contributed by atoms with van der Waals surface area (Å²) in [6.45, 7) is 5.86. The number of unbranched alkanes of at least 4 members (excludes halogenated alkanes) is 6. The van der Waals surface area contributed by atoms with E-state index in [1.165, 1.54) is 64.3 Å². The standard InChI is InChI=1S/C14H31N/c1-4-14(2)12-10-8-6-5-7-9-11-13-15-3/h14-15H,4-13H2,1-3H3/t14-/m1/s1. The molecule has 0 heterocycles. The molecule has 0 fully saturated rings. The zero-order valence-corrected chi connectivity index (χ0v) is 11.1. The summed E-state index contributed by atoms with van der Waals surface area (Å²) in [5.41, 5.74) is 0. The van der Waals surface area contributed by atoms with Gasteiger partial charge in [0.05, 0.1) is 0 Å². The third-order valence-electron chi connectivity index (χ3n) is 3.32. The summed E-state index contributed by atoms with van der Waals surface area (Å²) in [6, 6.07) is 0. The molecule has 0 unspecified atom stereocenters. The summed E-state index contributed by atoms with van der Waals surface area (Å²) >= 11 is 0. The predicted octanol–water partition coefficient (Wildman–Crippen LogP) is 4.37. The van der Waals surface area contributed by atoms with Crippen LogP contribution in [0.3, 0.4) is 0 Å². The van der Waals surface area contributed by atoms with Crippen LogP contribution in [0.5, 0.6) is 0 Å². The summed E-state index contributed by atoms with van der Waals surface area (Å²) in [5, 5.41) is 3.20. The molecule has 0 bridgehead atoms. The van der Waals surface area contributed by atoms with Gasteiger partial charge in [0.15, 0.2) is 0 Å². The molecule has 0 aromatic heterocycles.